The van der Waals surface area contributed by atoms with Gasteiger partial charge in [0.05, 0.1) is 9.40 Å². The second-order valence-electron chi connectivity index (χ2n) is 6.09. The van der Waals surface area contributed by atoms with Gasteiger partial charge in [-0.3, -0.25) is 24.9 Å². The summed E-state index contributed by atoms with van der Waals surface area (Å²) in [5.74, 6) is -0.0839. The van der Waals surface area contributed by atoms with Gasteiger partial charge in [-0.05, 0) is 40.4 Å². The molecular weight excluding hydrogens is 402 g/mol. The monoisotopic (exact) mass is 419 g/mol. The van der Waals surface area contributed by atoms with E-state index in [0.717, 1.165) is 5.56 Å². The van der Waals surface area contributed by atoms with Crippen LogP contribution in [0.1, 0.15) is 18.4 Å². The predicted octanol–water partition coefficient (Wildman–Crippen LogP) is 2.68. The fourth-order valence-electron chi connectivity index (χ4n) is 3.07. The summed E-state index contributed by atoms with van der Waals surface area (Å²) in [6, 6.07) is 3.75. The molecule has 2 aromatic rings. The topological polar surface area (TPSA) is 101 Å². The molecule has 0 radical (unpaired) electrons. The van der Waals surface area contributed by atoms with Crippen LogP contribution in [-0.2, 0) is 11.3 Å². The third-order valence-electron chi connectivity index (χ3n) is 4.42. The van der Waals surface area contributed by atoms with Crippen molar-refractivity contribution in [3.8, 4) is 0 Å². The van der Waals surface area contributed by atoms with Crippen LogP contribution in [0.2, 0.25) is 0 Å². The van der Waals surface area contributed by atoms with E-state index in [-0.39, 0.29) is 17.5 Å². The fourth-order valence-corrected chi connectivity index (χ4v) is 3.64. The highest BCUT2D eigenvalue weighted by atomic mass is 79.9. The summed E-state index contributed by atoms with van der Waals surface area (Å²) in [6.07, 6.45) is 7.51. The Labute approximate surface area is 158 Å². The van der Waals surface area contributed by atoms with Crippen LogP contribution < -0.4 is 10.2 Å². The van der Waals surface area contributed by atoms with E-state index < -0.39 is 4.92 Å². The number of aromatic nitrogens is 2. The molecule has 1 aliphatic heterocycles. The maximum Gasteiger partial charge on any atom is 0.311 e. The molecular formula is C17H18BrN5O3. The number of hydrogen-bond donors (Lipinski definition) is 1. The molecule has 1 N–H and O–H groups in total. The van der Waals surface area contributed by atoms with Crippen molar-refractivity contribution in [2.45, 2.75) is 19.4 Å². The van der Waals surface area contributed by atoms with E-state index in [9.17, 15) is 14.9 Å². The Hall–Kier alpha value is -2.55. The summed E-state index contributed by atoms with van der Waals surface area (Å²) < 4.78 is 0.589. The van der Waals surface area contributed by atoms with Crippen molar-refractivity contribution >= 4 is 33.2 Å². The third kappa shape index (κ3) is 4.16. The lowest BCUT2D eigenvalue weighted by molar-refractivity contribution is -0.384. The number of nitrogens with one attached hydrogen (secondary N) is 1. The lowest BCUT2D eigenvalue weighted by atomic mass is 9.95. The minimum atomic E-state index is -0.431. The molecule has 0 atom stereocenters. The number of anilines is 1. The second-order valence-corrected chi connectivity index (χ2v) is 6.94. The van der Waals surface area contributed by atoms with Gasteiger partial charge in [0.1, 0.15) is 11.9 Å². The first-order valence-electron chi connectivity index (χ1n) is 8.25. The molecule has 9 heteroatoms. The van der Waals surface area contributed by atoms with Crippen molar-refractivity contribution in [2.24, 2.45) is 5.92 Å². The number of nitrogens with zero attached hydrogens (tertiary/aromatic N) is 4. The largest absolute Gasteiger partial charge is 0.365 e. The molecule has 1 fully saturated rings. The van der Waals surface area contributed by atoms with E-state index >= 15 is 0 Å². The van der Waals surface area contributed by atoms with E-state index in [1.165, 1.54) is 6.20 Å². The molecule has 0 bridgehead atoms. The summed E-state index contributed by atoms with van der Waals surface area (Å²) in [5.41, 5.74) is 1.45. The van der Waals surface area contributed by atoms with Crippen molar-refractivity contribution in [3.05, 3.63) is 57.1 Å². The average Bonchev–Trinajstić information content (AvgIpc) is 2.67. The van der Waals surface area contributed by atoms with Crippen LogP contribution in [0.5, 0.6) is 0 Å². The highest BCUT2D eigenvalue weighted by Gasteiger charge is 2.29. The normalized spacial score (nSPS) is 14.9. The molecule has 8 nitrogen and oxygen atoms in total. The van der Waals surface area contributed by atoms with Crippen LogP contribution in [0.4, 0.5) is 11.4 Å². The van der Waals surface area contributed by atoms with E-state index in [0.29, 0.717) is 42.6 Å². The van der Waals surface area contributed by atoms with Crippen molar-refractivity contribution in [1.82, 2.24) is 15.3 Å². The van der Waals surface area contributed by atoms with E-state index in [1.807, 2.05) is 17.0 Å². The lowest BCUT2D eigenvalue weighted by Gasteiger charge is -2.33. The number of hydrogen-bond acceptors (Lipinski definition) is 6. The van der Waals surface area contributed by atoms with Crippen LogP contribution in [0.3, 0.4) is 0 Å². The van der Waals surface area contributed by atoms with Gasteiger partial charge < -0.3 is 10.2 Å². The van der Waals surface area contributed by atoms with Crippen LogP contribution in [-0.4, -0.2) is 33.9 Å². The number of amides is 1. The summed E-state index contributed by atoms with van der Waals surface area (Å²) in [4.78, 5) is 33.0. The Balaban J connectivity index is 1.59. The van der Waals surface area contributed by atoms with Gasteiger partial charge in [0.15, 0.2) is 0 Å². The van der Waals surface area contributed by atoms with Gasteiger partial charge in [-0.2, -0.15) is 0 Å². The van der Waals surface area contributed by atoms with Gasteiger partial charge in [0.2, 0.25) is 5.91 Å². The van der Waals surface area contributed by atoms with Gasteiger partial charge in [-0.15, -0.1) is 0 Å². The quantitative estimate of drug-likeness (QED) is 0.590. The van der Waals surface area contributed by atoms with Crippen molar-refractivity contribution in [1.29, 1.82) is 0 Å². The zero-order valence-corrected chi connectivity index (χ0v) is 15.6. The molecule has 0 spiro atoms. The standard InChI is InChI=1S/C17H18BrN5O3/c18-14-10-20-11-15(23(25)26)16(14)22-6-3-13(4-7-22)17(24)21-9-12-2-1-5-19-8-12/h1-2,5,8,10-11,13H,3-4,6-7,9H2,(H,21,24). The average molecular weight is 420 g/mol. The maximum absolute atomic E-state index is 12.4. The minimum absolute atomic E-state index is 0.0109. The summed E-state index contributed by atoms with van der Waals surface area (Å²) in [5, 5.41) is 14.2. The van der Waals surface area contributed by atoms with Crippen LogP contribution >= 0.6 is 15.9 Å². The fraction of sp³-hybridized carbons (Fsp3) is 0.353. The van der Waals surface area contributed by atoms with Crippen LogP contribution in [0.25, 0.3) is 0 Å². The first kappa shape index (κ1) is 18.2. The summed E-state index contributed by atoms with van der Waals surface area (Å²) in [6.45, 7) is 1.61. The number of nitro groups is 1. The van der Waals surface area contributed by atoms with E-state index in [1.54, 1.807) is 18.6 Å². The van der Waals surface area contributed by atoms with Gasteiger partial charge in [0, 0.05) is 44.1 Å². The number of pyridine rings is 2. The lowest BCUT2D eigenvalue weighted by Crippen LogP contribution is -2.40. The van der Waals surface area contributed by atoms with Gasteiger partial charge in [-0.1, -0.05) is 6.07 Å². The molecule has 3 heterocycles. The Morgan fingerprint density at radius 2 is 2.08 bits per heavy atom. The highest BCUT2D eigenvalue weighted by molar-refractivity contribution is 9.10. The molecule has 0 aliphatic carbocycles. The molecule has 136 valence electrons. The van der Waals surface area contributed by atoms with Crippen molar-refractivity contribution in [3.63, 3.8) is 0 Å². The van der Waals surface area contributed by atoms with Crippen molar-refractivity contribution in [2.75, 3.05) is 18.0 Å². The Kier molecular flexibility index (Phi) is 5.77. The van der Waals surface area contributed by atoms with Gasteiger partial charge >= 0.3 is 5.69 Å². The molecule has 2 aromatic heterocycles. The molecule has 3 rings (SSSR count). The minimum Gasteiger partial charge on any atom is -0.365 e. The molecule has 0 saturated carbocycles. The first-order valence-corrected chi connectivity index (χ1v) is 9.05. The Morgan fingerprint density at radius 1 is 1.31 bits per heavy atom. The molecule has 0 unspecified atom stereocenters. The second kappa shape index (κ2) is 8.22. The molecule has 0 aromatic carbocycles. The van der Waals surface area contributed by atoms with E-state index in [4.69, 9.17) is 0 Å². The van der Waals surface area contributed by atoms with Gasteiger partial charge in [0.25, 0.3) is 0 Å². The number of piperidine rings is 1. The Morgan fingerprint density at radius 3 is 2.73 bits per heavy atom. The predicted molar refractivity (Wildman–Crippen MR) is 99.6 cm³/mol. The zero-order valence-electron chi connectivity index (χ0n) is 14.0. The zero-order chi connectivity index (χ0) is 18.5. The highest BCUT2D eigenvalue weighted by Crippen LogP contribution is 2.36. The summed E-state index contributed by atoms with van der Waals surface area (Å²) >= 11 is 3.35. The SMILES string of the molecule is O=C(NCc1cccnc1)C1CCN(c2c(Br)cncc2[N+](=O)[O-])CC1. The van der Waals surface area contributed by atoms with Crippen LogP contribution in [0.15, 0.2) is 41.4 Å². The number of carbonyl (C=O) groups is 1. The third-order valence-corrected chi connectivity index (χ3v) is 5.00. The number of halogens is 1. The summed E-state index contributed by atoms with van der Waals surface area (Å²) in [7, 11) is 0. The van der Waals surface area contributed by atoms with E-state index in [2.05, 4.69) is 31.2 Å². The molecule has 26 heavy (non-hydrogen) atoms. The first-order chi connectivity index (χ1) is 12.6. The molecule has 1 amide bonds. The van der Waals surface area contributed by atoms with Gasteiger partial charge in [-0.25, -0.2) is 0 Å². The van der Waals surface area contributed by atoms with Crippen molar-refractivity contribution < 1.29 is 9.72 Å². The number of rotatable bonds is 5. The maximum atomic E-state index is 12.4. The molecule has 1 saturated heterocycles. The Bertz CT molecular complexity index is 794. The van der Waals surface area contributed by atoms with Crippen LogP contribution in [0, 0.1) is 16.0 Å². The molecule has 1 aliphatic rings. The smallest absolute Gasteiger partial charge is 0.311 e. The number of carbonyl (C=O) groups excluding carboxylic acids is 1.